The Kier molecular flexibility index (Phi) is 4.69. The number of carbonyl (C=O) groups excluding carboxylic acids is 1. The third-order valence-corrected chi connectivity index (χ3v) is 3.23. The first-order valence-corrected chi connectivity index (χ1v) is 6.21. The zero-order valence-electron chi connectivity index (χ0n) is 10.6. The summed E-state index contributed by atoms with van der Waals surface area (Å²) in [5, 5.41) is 40.7. The van der Waals surface area contributed by atoms with E-state index in [1.165, 1.54) is 0 Å². The van der Waals surface area contributed by atoms with Gasteiger partial charge in [-0.1, -0.05) is 18.2 Å². The van der Waals surface area contributed by atoms with Crippen molar-refractivity contribution in [3.05, 3.63) is 35.9 Å². The van der Waals surface area contributed by atoms with Crippen LogP contribution in [0.25, 0.3) is 0 Å². The second-order valence-corrected chi connectivity index (χ2v) is 4.59. The summed E-state index contributed by atoms with van der Waals surface area (Å²) in [7, 11) is 0. The number of amides is 1. The van der Waals surface area contributed by atoms with Crippen molar-refractivity contribution in [2.75, 3.05) is 6.61 Å². The lowest BCUT2D eigenvalue weighted by Crippen LogP contribution is -2.64. The third-order valence-electron chi connectivity index (χ3n) is 3.23. The van der Waals surface area contributed by atoms with Gasteiger partial charge in [-0.25, -0.2) is 0 Å². The van der Waals surface area contributed by atoms with Gasteiger partial charge < -0.3 is 30.5 Å². The fourth-order valence-electron chi connectivity index (χ4n) is 2.08. The molecule has 1 saturated heterocycles. The van der Waals surface area contributed by atoms with Gasteiger partial charge in [-0.3, -0.25) is 4.79 Å². The molecule has 1 aromatic carbocycles. The van der Waals surface area contributed by atoms with Gasteiger partial charge >= 0.3 is 0 Å². The molecule has 1 aliphatic heterocycles. The molecule has 0 saturated carbocycles. The van der Waals surface area contributed by atoms with E-state index in [1.54, 1.807) is 30.3 Å². The molecule has 7 nitrogen and oxygen atoms in total. The topological polar surface area (TPSA) is 119 Å². The molecule has 20 heavy (non-hydrogen) atoms. The smallest absolute Gasteiger partial charge is 0.251 e. The summed E-state index contributed by atoms with van der Waals surface area (Å²) in [6, 6.07) is 7.07. The molecule has 1 heterocycles. The van der Waals surface area contributed by atoms with Crippen molar-refractivity contribution in [3.63, 3.8) is 0 Å². The Labute approximate surface area is 115 Å². The molecule has 1 aromatic rings. The lowest BCUT2D eigenvalue weighted by atomic mass is 9.97. The minimum Gasteiger partial charge on any atom is -0.394 e. The molecule has 1 fully saturated rings. The molecular weight excluding hydrogens is 266 g/mol. The summed E-state index contributed by atoms with van der Waals surface area (Å²) in [4.78, 5) is 11.9. The first-order chi connectivity index (χ1) is 9.54. The molecule has 0 unspecified atom stereocenters. The number of nitrogens with one attached hydrogen (secondary N) is 1. The van der Waals surface area contributed by atoms with E-state index < -0.39 is 43.2 Å². The number of hydrogen-bond donors (Lipinski definition) is 5. The summed E-state index contributed by atoms with van der Waals surface area (Å²) in [5.74, 6) is -0.507. The minimum atomic E-state index is -1.52. The SMILES string of the molecule is O=C(N[C@H]1[C@@H](O)[C@H](O)[C@@H](CO)O[C@H]1O)c1ccccc1. The number of carbonyl (C=O) groups is 1. The van der Waals surface area contributed by atoms with E-state index in [-0.39, 0.29) is 0 Å². The summed E-state index contributed by atoms with van der Waals surface area (Å²) < 4.78 is 4.95. The van der Waals surface area contributed by atoms with Crippen molar-refractivity contribution in [2.45, 2.75) is 30.6 Å². The van der Waals surface area contributed by atoms with Crippen LogP contribution in [0.2, 0.25) is 0 Å². The van der Waals surface area contributed by atoms with Crippen molar-refractivity contribution in [1.29, 1.82) is 0 Å². The van der Waals surface area contributed by atoms with Gasteiger partial charge in [0.05, 0.1) is 6.61 Å². The highest BCUT2D eigenvalue weighted by molar-refractivity contribution is 5.94. The van der Waals surface area contributed by atoms with Gasteiger partial charge in [0.1, 0.15) is 24.4 Å². The highest BCUT2D eigenvalue weighted by atomic mass is 16.6. The monoisotopic (exact) mass is 283 g/mol. The highest BCUT2D eigenvalue weighted by Crippen LogP contribution is 2.20. The molecule has 1 aliphatic rings. The molecule has 5 N–H and O–H groups in total. The Morgan fingerprint density at radius 1 is 1.15 bits per heavy atom. The van der Waals surface area contributed by atoms with Crippen LogP contribution in [0.3, 0.4) is 0 Å². The zero-order valence-corrected chi connectivity index (χ0v) is 10.6. The van der Waals surface area contributed by atoms with Crippen molar-refractivity contribution < 1.29 is 30.0 Å². The molecule has 0 radical (unpaired) electrons. The van der Waals surface area contributed by atoms with E-state index in [9.17, 15) is 20.1 Å². The number of aliphatic hydroxyl groups is 4. The van der Waals surface area contributed by atoms with Gasteiger partial charge in [0.25, 0.3) is 5.91 Å². The van der Waals surface area contributed by atoms with E-state index in [0.29, 0.717) is 5.56 Å². The highest BCUT2D eigenvalue weighted by Gasteiger charge is 2.44. The van der Waals surface area contributed by atoms with Gasteiger partial charge in [0.15, 0.2) is 6.29 Å². The number of hydrogen-bond acceptors (Lipinski definition) is 6. The van der Waals surface area contributed by atoms with Crippen LogP contribution >= 0.6 is 0 Å². The third kappa shape index (κ3) is 2.97. The normalized spacial score (nSPS) is 33.7. The largest absolute Gasteiger partial charge is 0.394 e. The first kappa shape index (κ1) is 14.9. The summed E-state index contributed by atoms with van der Waals surface area (Å²) in [5.41, 5.74) is 0.352. The Balaban J connectivity index is 2.07. The maximum Gasteiger partial charge on any atom is 0.251 e. The fraction of sp³-hybridized carbons (Fsp3) is 0.462. The zero-order chi connectivity index (χ0) is 14.7. The summed E-state index contributed by atoms with van der Waals surface area (Å²) in [6.07, 6.45) is -5.45. The Morgan fingerprint density at radius 2 is 1.80 bits per heavy atom. The molecule has 110 valence electrons. The number of rotatable bonds is 3. The fourth-order valence-corrected chi connectivity index (χ4v) is 2.08. The second kappa shape index (κ2) is 6.29. The van der Waals surface area contributed by atoms with Crippen LogP contribution in [0.1, 0.15) is 10.4 Å². The van der Waals surface area contributed by atoms with E-state index in [4.69, 9.17) is 9.84 Å². The quantitative estimate of drug-likeness (QED) is 0.447. The van der Waals surface area contributed by atoms with Crippen molar-refractivity contribution >= 4 is 5.91 Å². The van der Waals surface area contributed by atoms with E-state index >= 15 is 0 Å². The standard InChI is InChI=1S/C13H17NO6/c15-6-8-10(16)11(17)9(13(19)20-8)14-12(18)7-4-2-1-3-5-7/h1-5,8-11,13,15-17,19H,6H2,(H,14,18)/t8-,9+,10-,11-,13-/m1/s1. The lowest BCUT2D eigenvalue weighted by Gasteiger charge is -2.40. The molecule has 0 aliphatic carbocycles. The molecular formula is C13H17NO6. The Morgan fingerprint density at radius 3 is 2.40 bits per heavy atom. The van der Waals surface area contributed by atoms with Crippen LogP contribution in [0, 0.1) is 0 Å². The van der Waals surface area contributed by atoms with Crippen LogP contribution in [0.5, 0.6) is 0 Å². The van der Waals surface area contributed by atoms with Gasteiger partial charge in [-0.05, 0) is 12.1 Å². The Hall–Kier alpha value is -1.51. The molecule has 0 spiro atoms. The molecule has 1 amide bonds. The number of aliphatic hydroxyl groups excluding tert-OH is 4. The summed E-state index contributed by atoms with van der Waals surface area (Å²) >= 11 is 0. The van der Waals surface area contributed by atoms with Crippen LogP contribution in [-0.2, 0) is 4.74 Å². The average Bonchev–Trinajstić information content (AvgIpc) is 2.48. The van der Waals surface area contributed by atoms with E-state index in [2.05, 4.69) is 5.32 Å². The predicted octanol–water partition coefficient (Wildman–Crippen LogP) is -1.78. The maximum absolute atomic E-state index is 11.9. The van der Waals surface area contributed by atoms with E-state index in [0.717, 1.165) is 0 Å². The molecule has 7 heteroatoms. The minimum absolute atomic E-state index is 0.352. The molecule has 2 rings (SSSR count). The van der Waals surface area contributed by atoms with E-state index in [1.807, 2.05) is 0 Å². The number of ether oxygens (including phenoxy) is 1. The van der Waals surface area contributed by atoms with Crippen molar-refractivity contribution in [2.24, 2.45) is 0 Å². The van der Waals surface area contributed by atoms with Crippen LogP contribution in [0.4, 0.5) is 0 Å². The molecule has 0 bridgehead atoms. The Bertz CT molecular complexity index is 453. The first-order valence-electron chi connectivity index (χ1n) is 6.21. The van der Waals surface area contributed by atoms with Crippen molar-refractivity contribution in [1.82, 2.24) is 5.32 Å². The van der Waals surface area contributed by atoms with Crippen LogP contribution in [-0.4, -0.2) is 63.6 Å². The number of benzene rings is 1. The van der Waals surface area contributed by atoms with Gasteiger partial charge in [-0.2, -0.15) is 0 Å². The van der Waals surface area contributed by atoms with Crippen LogP contribution < -0.4 is 5.32 Å². The molecule has 0 aromatic heterocycles. The van der Waals surface area contributed by atoms with Gasteiger partial charge in [-0.15, -0.1) is 0 Å². The second-order valence-electron chi connectivity index (χ2n) is 4.59. The lowest BCUT2D eigenvalue weighted by molar-refractivity contribution is -0.252. The van der Waals surface area contributed by atoms with Gasteiger partial charge in [0.2, 0.25) is 0 Å². The summed E-state index contributed by atoms with van der Waals surface area (Å²) in [6.45, 7) is -0.547. The maximum atomic E-state index is 11.9. The average molecular weight is 283 g/mol. The predicted molar refractivity (Wildman–Crippen MR) is 67.7 cm³/mol. The van der Waals surface area contributed by atoms with Gasteiger partial charge in [0, 0.05) is 5.56 Å². The van der Waals surface area contributed by atoms with Crippen molar-refractivity contribution in [3.8, 4) is 0 Å². The molecule has 5 atom stereocenters. The van der Waals surface area contributed by atoms with Crippen LogP contribution in [0.15, 0.2) is 30.3 Å².